The molecule has 2 aromatic rings. The number of halogens is 1. The molecular weight excluding hydrogens is 416 g/mol. The maximum Gasteiger partial charge on any atom is 0.352 e. The summed E-state index contributed by atoms with van der Waals surface area (Å²) in [4.78, 5) is 23.5. The lowest BCUT2D eigenvalue weighted by Crippen LogP contribution is -2.28. The van der Waals surface area contributed by atoms with Gasteiger partial charge in [0.05, 0.1) is 14.2 Å². The maximum absolute atomic E-state index is 12.3. The average Bonchev–Trinajstić information content (AvgIpc) is 2.68. The van der Waals surface area contributed by atoms with Crippen LogP contribution in [0.3, 0.4) is 0 Å². The van der Waals surface area contributed by atoms with Crippen LogP contribution < -0.4 is 14.2 Å². The fraction of sp³-hybridized carbons (Fsp3) is 0.200. The van der Waals surface area contributed by atoms with Gasteiger partial charge in [-0.05, 0) is 55.0 Å². The molecule has 2 rings (SSSR count). The second-order valence-corrected chi connectivity index (χ2v) is 6.32. The molecule has 0 fully saturated rings. The number of benzene rings is 2. The Bertz CT molecular complexity index is 829. The number of rotatable bonds is 7. The van der Waals surface area contributed by atoms with E-state index in [4.69, 9.17) is 14.2 Å². The summed E-state index contributed by atoms with van der Waals surface area (Å²) >= 11 is 3.34. The van der Waals surface area contributed by atoms with Gasteiger partial charge >= 0.3 is 11.9 Å². The second kappa shape index (κ2) is 9.78. The summed E-state index contributed by atoms with van der Waals surface area (Å²) in [5.41, 5.74) is 0.691. The molecule has 2 aromatic carbocycles. The van der Waals surface area contributed by atoms with Gasteiger partial charge in [0.2, 0.25) is 0 Å². The highest BCUT2D eigenvalue weighted by molar-refractivity contribution is 9.10. The van der Waals surface area contributed by atoms with E-state index in [-0.39, 0.29) is 5.75 Å². The van der Waals surface area contributed by atoms with Gasteiger partial charge in [0.1, 0.15) is 5.75 Å². The van der Waals surface area contributed by atoms with E-state index in [2.05, 4.69) is 20.7 Å². The molecule has 27 heavy (non-hydrogen) atoms. The molecule has 0 amide bonds. The summed E-state index contributed by atoms with van der Waals surface area (Å²) in [6, 6.07) is 12.0. The van der Waals surface area contributed by atoms with E-state index in [1.807, 2.05) is 12.1 Å². The molecular formula is C20H19BrO6. The van der Waals surface area contributed by atoms with E-state index in [9.17, 15) is 9.59 Å². The van der Waals surface area contributed by atoms with Crippen LogP contribution in [-0.4, -0.2) is 32.3 Å². The molecule has 6 nitrogen and oxygen atoms in total. The van der Waals surface area contributed by atoms with Gasteiger partial charge in [0, 0.05) is 10.5 Å². The molecule has 142 valence electrons. The summed E-state index contributed by atoms with van der Waals surface area (Å²) < 4.78 is 21.7. The zero-order valence-corrected chi connectivity index (χ0v) is 16.7. The van der Waals surface area contributed by atoms with Crippen molar-refractivity contribution < 1.29 is 28.5 Å². The molecule has 0 spiro atoms. The quantitative estimate of drug-likeness (QED) is 0.372. The number of hydrogen-bond donors (Lipinski definition) is 0. The third-order valence-corrected chi connectivity index (χ3v) is 4.00. The fourth-order valence-electron chi connectivity index (χ4n) is 2.06. The van der Waals surface area contributed by atoms with Crippen molar-refractivity contribution >= 4 is 33.9 Å². The Morgan fingerprint density at radius 3 is 2.37 bits per heavy atom. The Morgan fingerprint density at radius 2 is 1.74 bits per heavy atom. The standard InChI is InChI=1S/C20H19BrO6/c1-13(26-16-8-6-15(21)7-9-16)20(23)27-17-10-4-14(12-18(17)24-2)5-11-19(22)25-3/h4-13H,1-3H3/b11-5+. The normalized spacial score (nSPS) is 11.7. The van der Waals surface area contributed by atoms with Crippen molar-refractivity contribution in [3.05, 3.63) is 58.6 Å². The topological polar surface area (TPSA) is 71.1 Å². The lowest BCUT2D eigenvalue weighted by atomic mass is 10.2. The zero-order chi connectivity index (χ0) is 19.8. The van der Waals surface area contributed by atoms with Crippen LogP contribution in [0.4, 0.5) is 0 Å². The van der Waals surface area contributed by atoms with E-state index in [0.29, 0.717) is 17.1 Å². The van der Waals surface area contributed by atoms with Crippen molar-refractivity contribution in [2.45, 2.75) is 13.0 Å². The predicted octanol–water partition coefficient (Wildman–Crippen LogP) is 4.02. The minimum atomic E-state index is -0.810. The molecule has 1 atom stereocenters. The SMILES string of the molecule is COC(=O)/C=C/c1ccc(OC(=O)C(C)Oc2ccc(Br)cc2)c(OC)c1. The van der Waals surface area contributed by atoms with E-state index < -0.39 is 18.0 Å². The van der Waals surface area contributed by atoms with E-state index in [1.54, 1.807) is 43.3 Å². The molecule has 0 aliphatic heterocycles. The summed E-state index contributed by atoms with van der Waals surface area (Å²) in [6.45, 7) is 1.60. The number of esters is 2. The van der Waals surface area contributed by atoms with Gasteiger partial charge in [-0.1, -0.05) is 22.0 Å². The van der Waals surface area contributed by atoms with Crippen LogP contribution in [0.5, 0.6) is 17.2 Å². The monoisotopic (exact) mass is 434 g/mol. The van der Waals surface area contributed by atoms with Gasteiger partial charge in [-0.15, -0.1) is 0 Å². The third-order valence-electron chi connectivity index (χ3n) is 3.47. The highest BCUT2D eigenvalue weighted by Gasteiger charge is 2.19. The van der Waals surface area contributed by atoms with Crippen molar-refractivity contribution in [1.82, 2.24) is 0 Å². The number of carbonyl (C=O) groups is 2. The summed E-state index contributed by atoms with van der Waals surface area (Å²) in [6.07, 6.45) is 2.04. The molecule has 0 aliphatic rings. The average molecular weight is 435 g/mol. The van der Waals surface area contributed by atoms with Crippen LogP contribution >= 0.6 is 15.9 Å². The molecule has 7 heteroatoms. The van der Waals surface area contributed by atoms with Gasteiger partial charge in [-0.25, -0.2) is 9.59 Å². The first-order valence-electron chi connectivity index (χ1n) is 8.01. The lowest BCUT2D eigenvalue weighted by molar-refractivity contribution is -0.141. The van der Waals surface area contributed by atoms with Crippen molar-refractivity contribution in [2.75, 3.05) is 14.2 Å². The van der Waals surface area contributed by atoms with Gasteiger partial charge in [-0.3, -0.25) is 0 Å². The van der Waals surface area contributed by atoms with Crippen LogP contribution in [0, 0.1) is 0 Å². The van der Waals surface area contributed by atoms with Crippen molar-refractivity contribution in [1.29, 1.82) is 0 Å². The van der Waals surface area contributed by atoms with E-state index in [1.165, 1.54) is 20.3 Å². The van der Waals surface area contributed by atoms with Crippen LogP contribution in [0.2, 0.25) is 0 Å². The molecule has 0 saturated carbocycles. The summed E-state index contributed by atoms with van der Waals surface area (Å²) in [7, 11) is 2.76. The molecule has 0 radical (unpaired) electrons. The molecule has 1 unspecified atom stereocenters. The first-order chi connectivity index (χ1) is 12.9. The van der Waals surface area contributed by atoms with Gasteiger partial charge in [-0.2, -0.15) is 0 Å². The highest BCUT2D eigenvalue weighted by atomic mass is 79.9. The largest absolute Gasteiger partial charge is 0.493 e. The van der Waals surface area contributed by atoms with Gasteiger partial charge < -0.3 is 18.9 Å². The molecule has 0 bridgehead atoms. The lowest BCUT2D eigenvalue weighted by Gasteiger charge is -2.15. The van der Waals surface area contributed by atoms with Gasteiger partial charge in [0.25, 0.3) is 0 Å². The predicted molar refractivity (Wildman–Crippen MR) is 104 cm³/mol. The number of hydrogen-bond acceptors (Lipinski definition) is 6. The van der Waals surface area contributed by atoms with Crippen molar-refractivity contribution in [3.8, 4) is 17.2 Å². The maximum atomic E-state index is 12.3. The Hall–Kier alpha value is -2.80. The Morgan fingerprint density at radius 1 is 1.04 bits per heavy atom. The first kappa shape index (κ1) is 20.5. The highest BCUT2D eigenvalue weighted by Crippen LogP contribution is 2.29. The van der Waals surface area contributed by atoms with Crippen molar-refractivity contribution in [3.63, 3.8) is 0 Å². The summed E-state index contributed by atoms with van der Waals surface area (Å²) in [5.74, 6) is 0.130. The van der Waals surface area contributed by atoms with Crippen LogP contribution in [0.15, 0.2) is 53.0 Å². The molecule has 0 N–H and O–H groups in total. The van der Waals surface area contributed by atoms with E-state index >= 15 is 0 Å². The number of ether oxygens (including phenoxy) is 4. The zero-order valence-electron chi connectivity index (χ0n) is 15.1. The third kappa shape index (κ3) is 6.14. The Labute approximate surface area is 165 Å². The van der Waals surface area contributed by atoms with E-state index in [0.717, 1.165) is 4.47 Å². The van der Waals surface area contributed by atoms with Crippen LogP contribution in [-0.2, 0) is 14.3 Å². The molecule has 0 aliphatic carbocycles. The van der Waals surface area contributed by atoms with Crippen LogP contribution in [0.1, 0.15) is 12.5 Å². The number of methoxy groups -OCH3 is 2. The van der Waals surface area contributed by atoms with Crippen LogP contribution in [0.25, 0.3) is 6.08 Å². The minimum absolute atomic E-state index is 0.254. The number of carbonyl (C=O) groups excluding carboxylic acids is 2. The first-order valence-corrected chi connectivity index (χ1v) is 8.80. The molecule has 0 saturated heterocycles. The van der Waals surface area contributed by atoms with Crippen molar-refractivity contribution in [2.24, 2.45) is 0 Å². The van der Waals surface area contributed by atoms with Gasteiger partial charge in [0.15, 0.2) is 17.6 Å². The molecule has 0 heterocycles. The smallest absolute Gasteiger partial charge is 0.352 e. The minimum Gasteiger partial charge on any atom is -0.493 e. The Balaban J connectivity index is 2.06. The second-order valence-electron chi connectivity index (χ2n) is 5.40. The fourth-order valence-corrected chi connectivity index (χ4v) is 2.33. The Kier molecular flexibility index (Phi) is 7.43. The summed E-state index contributed by atoms with van der Waals surface area (Å²) in [5, 5.41) is 0. The molecule has 0 aromatic heterocycles.